The maximum Gasteiger partial charge on any atom is 0.228 e. The Bertz CT molecular complexity index is 466. The number of anilines is 1. The fourth-order valence-corrected chi connectivity index (χ4v) is 2.83. The fourth-order valence-electron chi connectivity index (χ4n) is 2.27. The van der Waals surface area contributed by atoms with Crippen molar-refractivity contribution in [3.63, 3.8) is 0 Å². The van der Waals surface area contributed by atoms with Gasteiger partial charge in [-0.2, -0.15) is 0 Å². The van der Waals surface area contributed by atoms with Crippen LogP contribution >= 0.6 is 11.3 Å². The van der Waals surface area contributed by atoms with Crippen molar-refractivity contribution < 1.29 is 9.59 Å². The van der Waals surface area contributed by atoms with E-state index in [9.17, 15) is 9.59 Å². The molecule has 0 unspecified atom stereocenters. The first-order valence-electron chi connectivity index (χ1n) is 6.29. The number of carbonyl (C=O) groups is 2. The minimum Gasteiger partial charge on any atom is -0.375 e. The van der Waals surface area contributed by atoms with Gasteiger partial charge in [-0.05, 0) is 12.8 Å². The lowest BCUT2D eigenvalue weighted by molar-refractivity contribution is -0.135. The number of rotatable bonds is 3. The lowest BCUT2D eigenvalue weighted by Gasteiger charge is -2.31. The summed E-state index contributed by atoms with van der Waals surface area (Å²) in [5, 5.41) is 4.95. The van der Waals surface area contributed by atoms with Gasteiger partial charge in [-0.15, -0.1) is 11.3 Å². The summed E-state index contributed by atoms with van der Waals surface area (Å²) < 4.78 is 0. The van der Waals surface area contributed by atoms with Crippen LogP contribution in [0.1, 0.15) is 18.5 Å². The molecule has 0 aromatic carbocycles. The summed E-state index contributed by atoms with van der Waals surface area (Å²) in [6.45, 7) is 1.27. The van der Waals surface area contributed by atoms with E-state index in [-0.39, 0.29) is 17.7 Å². The summed E-state index contributed by atoms with van der Waals surface area (Å²) in [6.07, 6.45) is 1.74. The Morgan fingerprint density at radius 1 is 1.53 bits per heavy atom. The largest absolute Gasteiger partial charge is 0.375 e. The topological polar surface area (TPSA) is 88.3 Å². The van der Waals surface area contributed by atoms with Crippen LogP contribution < -0.4 is 11.1 Å². The molecule has 0 spiro atoms. The molecule has 1 aromatic rings. The average molecular weight is 282 g/mol. The first-order chi connectivity index (χ1) is 9.10. The first kappa shape index (κ1) is 13.8. The van der Waals surface area contributed by atoms with Gasteiger partial charge in [0.2, 0.25) is 11.8 Å². The van der Waals surface area contributed by atoms with Crippen molar-refractivity contribution >= 4 is 28.3 Å². The van der Waals surface area contributed by atoms with Crippen LogP contribution in [0.25, 0.3) is 0 Å². The zero-order valence-electron chi connectivity index (χ0n) is 10.9. The molecule has 0 atom stereocenters. The summed E-state index contributed by atoms with van der Waals surface area (Å²) >= 11 is 1.34. The number of piperidine rings is 1. The van der Waals surface area contributed by atoms with Crippen LogP contribution in [-0.4, -0.2) is 41.8 Å². The summed E-state index contributed by atoms with van der Waals surface area (Å²) in [5.41, 5.74) is 6.26. The average Bonchev–Trinajstić information content (AvgIpc) is 2.83. The molecular formula is C12H18N4O2S. The smallest absolute Gasteiger partial charge is 0.228 e. The molecule has 0 aliphatic carbocycles. The predicted octanol–water partition coefficient (Wildman–Crippen LogP) is 0.252. The van der Waals surface area contributed by atoms with E-state index in [0.29, 0.717) is 24.6 Å². The molecule has 1 saturated heterocycles. The maximum absolute atomic E-state index is 12.1. The second-order valence-corrected chi connectivity index (χ2v) is 5.51. The number of nitrogens with two attached hydrogens (primary N) is 1. The molecule has 1 aliphatic heterocycles. The second-order valence-electron chi connectivity index (χ2n) is 4.62. The second kappa shape index (κ2) is 6.01. The molecule has 0 radical (unpaired) electrons. The van der Waals surface area contributed by atoms with Crippen LogP contribution in [-0.2, 0) is 16.0 Å². The van der Waals surface area contributed by atoms with Crippen LogP contribution in [0, 0.1) is 5.92 Å². The molecule has 7 heteroatoms. The van der Waals surface area contributed by atoms with E-state index in [1.165, 1.54) is 11.3 Å². The summed E-state index contributed by atoms with van der Waals surface area (Å²) in [4.78, 5) is 29.5. The first-order valence-corrected chi connectivity index (χ1v) is 7.17. The number of thiazole rings is 1. The number of amides is 2. The number of aromatic nitrogens is 1. The number of hydrogen-bond acceptors (Lipinski definition) is 5. The monoisotopic (exact) mass is 282 g/mol. The van der Waals surface area contributed by atoms with Crippen molar-refractivity contribution in [1.29, 1.82) is 0 Å². The third-order valence-electron chi connectivity index (χ3n) is 3.37. The van der Waals surface area contributed by atoms with Crippen LogP contribution in [0.4, 0.5) is 5.13 Å². The highest BCUT2D eigenvalue weighted by atomic mass is 32.1. The number of nitrogens with one attached hydrogen (secondary N) is 1. The van der Waals surface area contributed by atoms with Crippen molar-refractivity contribution in [2.75, 3.05) is 25.9 Å². The molecular weight excluding hydrogens is 264 g/mol. The SMILES string of the molecule is CNC(=O)C1CCN(C(=O)Cc2csc(N)n2)CC1. The van der Waals surface area contributed by atoms with Gasteiger partial charge in [0.25, 0.3) is 0 Å². The highest BCUT2D eigenvalue weighted by Gasteiger charge is 2.26. The van der Waals surface area contributed by atoms with Gasteiger partial charge in [0.1, 0.15) is 0 Å². The van der Waals surface area contributed by atoms with Crippen LogP contribution in [0.2, 0.25) is 0 Å². The zero-order chi connectivity index (χ0) is 13.8. The molecule has 6 nitrogen and oxygen atoms in total. The molecule has 2 amide bonds. The van der Waals surface area contributed by atoms with E-state index in [4.69, 9.17) is 5.73 Å². The van der Waals surface area contributed by atoms with E-state index >= 15 is 0 Å². The Morgan fingerprint density at radius 2 is 2.21 bits per heavy atom. The van der Waals surface area contributed by atoms with Crippen molar-refractivity contribution in [2.24, 2.45) is 5.92 Å². The van der Waals surface area contributed by atoms with E-state index in [0.717, 1.165) is 18.5 Å². The van der Waals surface area contributed by atoms with Crippen molar-refractivity contribution in [1.82, 2.24) is 15.2 Å². The summed E-state index contributed by atoms with van der Waals surface area (Å²) in [5.74, 6) is 0.156. The highest BCUT2D eigenvalue weighted by molar-refractivity contribution is 7.13. The van der Waals surface area contributed by atoms with Crippen LogP contribution in [0.5, 0.6) is 0 Å². The molecule has 1 aliphatic rings. The molecule has 2 heterocycles. The quantitative estimate of drug-likeness (QED) is 0.832. The van der Waals surface area contributed by atoms with Gasteiger partial charge >= 0.3 is 0 Å². The Morgan fingerprint density at radius 3 is 2.74 bits per heavy atom. The third-order valence-corrected chi connectivity index (χ3v) is 4.09. The molecule has 104 valence electrons. The maximum atomic E-state index is 12.1. The Hall–Kier alpha value is -1.63. The fraction of sp³-hybridized carbons (Fsp3) is 0.583. The highest BCUT2D eigenvalue weighted by Crippen LogP contribution is 2.19. The normalized spacial score (nSPS) is 16.4. The van der Waals surface area contributed by atoms with E-state index < -0.39 is 0 Å². The molecule has 3 N–H and O–H groups in total. The summed E-state index contributed by atoms with van der Waals surface area (Å²) in [7, 11) is 1.65. The number of nitrogens with zero attached hydrogens (tertiary/aromatic N) is 2. The molecule has 1 aromatic heterocycles. The van der Waals surface area contributed by atoms with Crippen LogP contribution in [0.15, 0.2) is 5.38 Å². The lowest BCUT2D eigenvalue weighted by atomic mass is 9.96. The Balaban J connectivity index is 1.84. The van der Waals surface area contributed by atoms with Gasteiger partial charge in [-0.25, -0.2) is 4.98 Å². The van der Waals surface area contributed by atoms with Gasteiger partial charge in [0.05, 0.1) is 12.1 Å². The van der Waals surface area contributed by atoms with E-state index in [2.05, 4.69) is 10.3 Å². The Kier molecular flexibility index (Phi) is 4.36. The van der Waals surface area contributed by atoms with Crippen molar-refractivity contribution in [2.45, 2.75) is 19.3 Å². The number of carbonyl (C=O) groups excluding carboxylic acids is 2. The standard InChI is InChI=1S/C12H18N4O2S/c1-14-11(18)8-2-4-16(5-3-8)10(17)6-9-7-19-12(13)15-9/h7-8H,2-6H2,1H3,(H2,13,15)(H,14,18). The van der Waals surface area contributed by atoms with E-state index in [1.807, 2.05) is 5.38 Å². The van der Waals surface area contributed by atoms with Crippen molar-refractivity contribution in [3.05, 3.63) is 11.1 Å². The van der Waals surface area contributed by atoms with Gasteiger partial charge in [-0.1, -0.05) is 0 Å². The molecule has 0 bridgehead atoms. The van der Waals surface area contributed by atoms with Gasteiger partial charge < -0.3 is 16.0 Å². The molecule has 2 rings (SSSR count). The predicted molar refractivity (Wildman–Crippen MR) is 73.6 cm³/mol. The minimum atomic E-state index is 0.0315. The molecule has 1 fully saturated rings. The zero-order valence-corrected chi connectivity index (χ0v) is 11.7. The summed E-state index contributed by atoms with van der Waals surface area (Å²) in [6, 6.07) is 0. The van der Waals surface area contributed by atoms with Gasteiger partial charge in [-0.3, -0.25) is 9.59 Å². The minimum absolute atomic E-state index is 0.0315. The lowest BCUT2D eigenvalue weighted by Crippen LogP contribution is -2.43. The molecule has 0 saturated carbocycles. The van der Waals surface area contributed by atoms with Crippen molar-refractivity contribution in [3.8, 4) is 0 Å². The number of nitrogen functional groups attached to an aromatic ring is 1. The Labute approximate surface area is 116 Å². The van der Waals surface area contributed by atoms with Gasteiger partial charge in [0.15, 0.2) is 5.13 Å². The number of hydrogen-bond donors (Lipinski definition) is 2. The van der Waals surface area contributed by atoms with Gasteiger partial charge in [0, 0.05) is 31.4 Å². The third kappa shape index (κ3) is 3.44. The number of likely N-dealkylation sites (tertiary alicyclic amines) is 1. The van der Waals surface area contributed by atoms with E-state index in [1.54, 1.807) is 11.9 Å². The molecule has 19 heavy (non-hydrogen) atoms. The van der Waals surface area contributed by atoms with Crippen LogP contribution in [0.3, 0.4) is 0 Å².